The van der Waals surface area contributed by atoms with Crippen molar-refractivity contribution in [2.24, 2.45) is 5.92 Å². The lowest BCUT2D eigenvalue weighted by molar-refractivity contribution is -0.141. The van der Waals surface area contributed by atoms with E-state index in [-0.39, 0.29) is 85.8 Å². The number of nitrogens with one attached hydrogen (secondary N) is 1. The predicted molar refractivity (Wildman–Crippen MR) is 312 cm³/mol. The molecular formula is C59H74N11O11PS. The number of carbonyl (C=O) groups is 2. The lowest BCUT2D eigenvalue weighted by atomic mass is 9.91. The second-order valence-electron chi connectivity index (χ2n) is 23.1. The van der Waals surface area contributed by atoms with Crippen LogP contribution in [0.25, 0.3) is 21.7 Å². The number of para-hydroxylation sites is 1. The maximum Gasteiger partial charge on any atom is 0.325 e. The van der Waals surface area contributed by atoms with E-state index < -0.39 is 37.6 Å². The van der Waals surface area contributed by atoms with Crippen molar-refractivity contribution in [3.05, 3.63) is 102 Å². The highest BCUT2D eigenvalue weighted by Crippen LogP contribution is 2.42. The van der Waals surface area contributed by atoms with E-state index in [9.17, 15) is 34.2 Å². The number of nitrogen functional groups attached to an aromatic ring is 1. The number of phenols is 1. The molecule has 5 fully saturated rings. The standard InChI is InChI=1S/C59H74N11O11PS/c1-35(2)55(59(74)69-33-42(71)26-50(69)58(73)63-47(8-6-24-82(75,76)77)37-10-12-38(13-11-37)56-36(3)62-34-83-56)52-30-54(66-81-52)78-23-22-67-20-17-43(18-21-67)79-44-27-45(28-44)80-53-25-39(16-19-61-53)70-40-14-15-41(70)32-68(31-40)49-29-48(64-65-57(49)60)46-7-4-5-9-51(46)72/h4-5,7,9-13,16,19,25,29-30,34-35,40-45,47,50,55,71-72H,6,8,14-15,17-18,20-24,26-28,31-33H2,1-3H3,(H2,60,65)(H,63,73)(H2,75,76,77)/t40?,41?,42-,44?,45?,47?,50+,55+/m1/s1. The third-order valence-corrected chi connectivity index (χ3v) is 18.8. The van der Waals surface area contributed by atoms with Gasteiger partial charge >= 0.3 is 7.60 Å². The van der Waals surface area contributed by atoms with Crippen molar-refractivity contribution in [1.82, 2.24) is 40.4 Å². The molecule has 1 aliphatic carbocycles. The average molecular weight is 1180 g/mol. The van der Waals surface area contributed by atoms with Crippen LogP contribution in [-0.2, 0) is 18.9 Å². The van der Waals surface area contributed by atoms with Gasteiger partial charge in [0.2, 0.25) is 17.7 Å². The van der Waals surface area contributed by atoms with Gasteiger partial charge in [-0.05, 0) is 91.9 Å². The van der Waals surface area contributed by atoms with Crippen LogP contribution in [0, 0.1) is 12.8 Å². The molecule has 83 heavy (non-hydrogen) atoms. The molecular weight excluding hydrogens is 1100 g/mol. The number of amides is 2. The van der Waals surface area contributed by atoms with Crippen molar-refractivity contribution in [1.29, 1.82) is 0 Å². The highest BCUT2D eigenvalue weighted by molar-refractivity contribution is 7.51. The van der Waals surface area contributed by atoms with Gasteiger partial charge in [-0.3, -0.25) is 19.1 Å². The summed E-state index contributed by atoms with van der Waals surface area (Å²) >= 11 is 1.52. The highest BCUT2D eigenvalue weighted by atomic mass is 32.1. The number of hydrogen-bond donors (Lipinski definition) is 6. The molecule has 24 heteroatoms. The summed E-state index contributed by atoms with van der Waals surface area (Å²) in [5.74, 6) is -0.242. The Kier molecular flexibility index (Phi) is 17.7. The van der Waals surface area contributed by atoms with Crippen molar-refractivity contribution in [2.45, 2.75) is 133 Å². The number of nitrogens with two attached hydrogens (primary N) is 1. The number of fused-ring (bicyclic) bond motifs is 2. The monoisotopic (exact) mass is 1180 g/mol. The van der Waals surface area contributed by atoms with Crippen molar-refractivity contribution < 1.29 is 52.9 Å². The van der Waals surface area contributed by atoms with E-state index >= 15 is 0 Å². The molecule has 4 saturated heterocycles. The maximum absolute atomic E-state index is 14.4. The lowest BCUT2D eigenvalue weighted by Gasteiger charge is -2.43. The number of aliphatic hydroxyl groups is 1. The summed E-state index contributed by atoms with van der Waals surface area (Å²) < 4.78 is 36.5. The Morgan fingerprint density at radius 2 is 1.66 bits per heavy atom. The number of anilines is 3. The summed E-state index contributed by atoms with van der Waals surface area (Å²) in [7, 11) is -4.28. The Balaban J connectivity index is 0.615. The number of carbonyl (C=O) groups excluding carboxylic acids is 2. The smallest absolute Gasteiger partial charge is 0.325 e. The van der Waals surface area contributed by atoms with E-state index in [0.717, 1.165) is 97.8 Å². The van der Waals surface area contributed by atoms with E-state index in [1.165, 1.54) is 16.2 Å². The summed E-state index contributed by atoms with van der Waals surface area (Å²) in [4.78, 5) is 66.3. The van der Waals surface area contributed by atoms with Gasteiger partial charge in [0.25, 0.3) is 5.88 Å². The van der Waals surface area contributed by atoms with Crippen LogP contribution in [0.15, 0.2) is 89.0 Å². The number of nitrogens with zero attached hydrogens (tertiary/aromatic N) is 9. The molecule has 4 aromatic heterocycles. The largest absolute Gasteiger partial charge is 0.507 e. The SMILES string of the molecule is Cc1ncsc1-c1ccc(C(CCCP(=O)(O)O)NC(=O)[C@@H]2C[C@@H](O)CN2C(=O)[C@H](c2cc(OCCN3CCC(OC4CC(Oc5cc(N6C7CCC6CN(c6cc(-c8ccccc8O)nnc6N)C7)ccn5)C4)CC3)no2)C(C)C)cc1. The Bertz CT molecular complexity index is 3240. The van der Waals surface area contributed by atoms with Gasteiger partial charge in [0.1, 0.15) is 30.4 Å². The Morgan fingerprint density at radius 1 is 0.904 bits per heavy atom. The van der Waals surface area contributed by atoms with E-state index in [2.05, 4.69) is 57.5 Å². The van der Waals surface area contributed by atoms with E-state index in [1.807, 2.05) is 69.4 Å². The summed E-state index contributed by atoms with van der Waals surface area (Å²) in [6.45, 7) is 9.95. The van der Waals surface area contributed by atoms with Gasteiger partial charge in [-0.25, -0.2) is 9.97 Å². The number of aromatic hydroxyl groups is 1. The number of aromatic nitrogens is 5. The number of benzene rings is 2. The number of β-amino-alcohol motifs (C(OH)–C–C–N with tert-alkyl or cyclic N) is 1. The molecule has 3 unspecified atom stereocenters. The molecule has 0 radical (unpaired) electrons. The van der Waals surface area contributed by atoms with E-state index in [4.69, 9.17) is 24.5 Å². The molecule has 2 aromatic carbocycles. The quantitative estimate of drug-likeness (QED) is 0.0370. The zero-order valence-corrected chi connectivity index (χ0v) is 48.7. The second-order valence-corrected chi connectivity index (χ2v) is 25.7. The number of aliphatic hydroxyl groups excluding tert-OH is 1. The zero-order chi connectivity index (χ0) is 57.9. The van der Waals surface area contributed by atoms with Crippen LogP contribution in [0.5, 0.6) is 17.5 Å². The topological polar surface area (TPSA) is 288 Å². The Morgan fingerprint density at radius 3 is 2.37 bits per heavy atom. The molecule has 11 rings (SSSR count). The number of piperidine rings is 1. The second kappa shape index (κ2) is 25.2. The number of rotatable bonds is 22. The fourth-order valence-corrected chi connectivity index (χ4v) is 14.0. The molecule has 8 heterocycles. The lowest BCUT2D eigenvalue weighted by Crippen LogP contribution is -2.54. The van der Waals surface area contributed by atoms with Gasteiger partial charge in [0.15, 0.2) is 11.6 Å². The van der Waals surface area contributed by atoms with Crippen LogP contribution in [0.4, 0.5) is 17.2 Å². The van der Waals surface area contributed by atoms with Crippen LogP contribution in [0.2, 0.25) is 0 Å². The number of hydrogen-bond acceptors (Lipinski definition) is 19. The van der Waals surface area contributed by atoms with Crippen molar-refractivity contribution in [3.8, 4) is 39.2 Å². The molecule has 2 bridgehead atoms. The van der Waals surface area contributed by atoms with Crippen molar-refractivity contribution in [2.75, 3.05) is 67.6 Å². The first kappa shape index (κ1) is 58.1. The average Bonchev–Trinajstić information content (AvgIpc) is 3.61. The molecule has 6 atom stereocenters. The third kappa shape index (κ3) is 13.6. The maximum atomic E-state index is 14.4. The minimum Gasteiger partial charge on any atom is -0.507 e. The first-order valence-electron chi connectivity index (χ1n) is 28.9. The number of thiazole rings is 1. The Hall–Kier alpha value is -6.72. The molecule has 1 saturated carbocycles. The summed E-state index contributed by atoms with van der Waals surface area (Å²) in [6, 6.07) is 21.4. The third-order valence-electron chi connectivity index (χ3n) is 16.9. The molecule has 0 spiro atoms. The first-order valence-corrected chi connectivity index (χ1v) is 31.6. The number of likely N-dealkylation sites (tertiary alicyclic amines) is 2. The predicted octanol–water partition coefficient (Wildman–Crippen LogP) is 7.09. The van der Waals surface area contributed by atoms with Crippen LogP contribution in [0.3, 0.4) is 0 Å². The fraction of sp³-hybridized carbons (Fsp3) is 0.508. The van der Waals surface area contributed by atoms with Crippen LogP contribution < -0.4 is 30.3 Å². The number of aryl methyl sites for hydroxylation is 1. The van der Waals surface area contributed by atoms with Gasteiger partial charge in [-0.2, -0.15) is 0 Å². The van der Waals surface area contributed by atoms with Gasteiger partial charge in [-0.1, -0.05) is 50.2 Å². The van der Waals surface area contributed by atoms with E-state index in [1.54, 1.807) is 23.7 Å². The van der Waals surface area contributed by atoms with Crippen LogP contribution in [-0.4, -0.2) is 162 Å². The van der Waals surface area contributed by atoms with Crippen LogP contribution >= 0.6 is 18.9 Å². The van der Waals surface area contributed by atoms with Gasteiger partial charge in [-0.15, -0.1) is 21.5 Å². The molecule has 2 amide bonds. The number of phenolic OH excluding ortho intramolecular Hbond substituents is 1. The van der Waals surface area contributed by atoms with Crippen LogP contribution in [0.1, 0.15) is 101 Å². The number of pyridine rings is 1. The molecule has 4 aliphatic heterocycles. The van der Waals surface area contributed by atoms with E-state index in [0.29, 0.717) is 41.9 Å². The van der Waals surface area contributed by atoms with Gasteiger partial charge < -0.3 is 64.5 Å². The number of ether oxygens (including phenoxy) is 3. The fourth-order valence-electron chi connectivity index (χ4n) is 12.6. The normalized spacial score (nSPS) is 22.9. The zero-order valence-electron chi connectivity index (χ0n) is 47.0. The molecule has 22 nitrogen and oxygen atoms in total. The molecule has 6 aromatic rings. The Labute approximate surface area is 486 Å². The summed E-state index contributed by atoms with van der Waals surface area (Å²) in [6.07, 6.45) is 6.83. The molecule has 5 aliphatic rings. The number of piperazine rings is 1. The van der Waals surface area contributed by atoms with Crippen molar-refractivity contribution in [3.63, 3.8) is 0 Å². The molecule has 442 valence electrons. The summed E-state index contributed by atoms with van der Waals surface area (Å²) in [5.41, 5.74) is 13.9. The van der Waals surface area contributed by atoms with Crippen molar-refractivity contribution >= 4 is 47.9 Å². The van der Waals surface area contributed by atoms with Gasteiger partial charge in [0, 0.05) is 106 Å². The first-order chi connectivity index (χ1) is 40.0. The molecule has 7 N–H and O–H groups in total. The summed E-state index contributed by atoms with van der Waals surface area (Å²) in [5, 5.41) is 37.1. The highest BCUT2D eigenvalue weighted by Gasteiger charge is 2.45. The minimum atomic E-state index is -4.28. The minimum absolute atomic E-state index is 0.0258. The van der Waals surface area contributed by atoms with Gasteiger partial charge in [0.05, 0.1) is 51.8 Å².